The van der Waals surface area contributed by atoms with Gasteiger partial charge in [-0.2, -0.15) is 0 Å². The van der Waals surface area contributed by atoms with Crippen molar-refractivity contribution in [1.82, 2.24) is 4.90 Å². The molecule has 3 nitrogen and oxygen atoms in total. The van der Waals surface area contributed by atoms with Gasteiger partial charge in [0.2, 0.25) is 5.91 Å². The highest BCUT2D eigenvalue weighted by Crippen LogP contribution is 2.38. The van der Waals surface area contributed by atoms with Gasteiger partial charge in [0.15, 0.2) is 0 Å². The van der Waals surface area contributed by atoms with Crippen LogP contribution in [0.2, 0.25) is 0 Å². The van der Waals surface area contributed by atoms with Crippen LogP contribution < -0.4 is 0 Å². The largest absolute Gasteiger partial charge is 0.354 e. The Morgan fingerprint density at radius 3 is 3.00 bits per heavy atom. The Bertz CT molecular complexity index is 242. The molecule has 2 aliphatic rings. The van der Waals surface area contributed by atoms with Crippen molar-refractivity contribution in [1.29, 1.82) is 0 Å². The van der Waals surface area contributed by atoms with Crippen LogP contribution in [0.1, 0.15) is 20.3 Å². The molecule has 0 aromatic heterocycles. The van der Waals surface area contributed by atoms with Gasteiger partial charge in [0.05, 0.1) is 19.3 Å². The molecule has 74 valence electrons. The summed E-state index contributed by atoms with van der Waals surface area (Å²) >= 11 is 0. The number of halogens is 1. The second-order valence-electron chi connectivity index (χ2n) is 4.21. The van der Waals surface area contributed by atoms with Crippen LogP contribution in [0.3, 0.4) is 0 Å². The van der Waals surface area contributed by atoms with Crippen LogP contribution in [0, 0.1) is 5.92 Å². The van der Waals surface area contributed by atoms with E-state index in [1.54, 1.807) is 4.90 Å². The van der Waals surface area contributed by atoms with E-state index in [4.69, 9.17) is 4.74 Å². The van der Waals surface area contributed by atoms with Gasteiger partial charge in [-0.1, -0.05) is 0 Å². The lowest BCUT2D eigenvalue weighted by Gasteiger charge is -2.29. The first-order chi connectivity index (χ1) is 6.06. The summed E-state index contributed by atoms with van der Waals surface area (Å²) in [5.74, 6) is -0.135. The predicted octanol–water partition coefficient (Wildman–Crippen LogP) is 0.939. The van der Waals surface area contributed by atoms with E-state index in [0.29, 0.717) is 13.0 Å². The molecular formula is C9H14FNO2. The number of alkyl halides is 1. The number of hydrogen-bond acceptors (Lipinski definition) is 2. The topological polar surface area (TPSA) is 29.5 Å². The van der Waals surface area contributed by atoms with Gasteiger partial charge in [0.25, 0.3) is 0 Å². The fourth-order valence-corrected chi connectivity index (χ4v) is 2.28. The highest BCUT2D eigenvalue weighted by molar-refractivity contribution is 5.80. The molecule has 2 aliphatic heterocycles. The molecule has 0 aromatic rings. The summed E-state index contributed by atoms with van der Waals surface area (Å²) in [4.78, 5) is 13.2. The molecule has 0 unspecified atom stereocenters. The molecule has 1 amide bonds. The Hall–Kier alpha value is -0.640. The van der Waals surface area contributed by atoms with Gasteiger partial charge in [0.1, 0.15) is 5.72 Å². The predicted molar refractivity (Wildman–Crippen MR) is 44.7 cm³/mol. The van der Waals surface area contributed by atoms with Gasteiger partial charge in [0, 0.05) is 12.3 Å². The van der Waals surface area contributed by atoms with Crippen molar-refractivity contribution in [3.05, 3.63) is 0 Å². The van der Waals surface area contributed by atoms with Crippen LogP contribution in [0.15, 0.2) is 0 Å². The molecule has 0 spiro atoms. The van der Waals surface area contributed by atoms with Crippen LogP contribution in [-0.2, 0) is 9.53 Å². The van der Waals surface area contributed by atoms with Gasteiger partial charge in [-0.05, 0) is 13.8 Å². The quantitative estimate of drug-likeness (QED) is 0.611. The van der Waals surface area contributed by atoms with Gasteiger partial charge < -0.3 is 9.64 Å². The first kappa shape index (κ1) is 8.94. The lowest BCUT2D eigenvalue weighted by atomic mass is 10.0. The second-order valence-corrected chi connectivity index (χ2v) is 4.21. The van der Waals surface area contributed by atoms with Crippen molar-refractivity contribution in [2.75, 3.05) is 13.3 Å². The van der Waals surface area contributed by atoms with E-state index in [0.717, 1.165) is 0 Å². The van der Waals surface area contributed by atoms with E-state index in [9.17, 15) is 9.18 Å². The number of amides is 1. The number of ether oxygens (including phenoxy) is 1. The van der Waals surface area contributed by atoms with Gasteiger partial charge in [-0.25, -0.2) is 0 Å². The zero-order valence-electron chi connectivity index (χ0n) is 7.92. The third-order valence-corrected chi connectivity index (χ3v) is 2.97. The summed E-state index contributed by atoms with van der Waals surface area (Å²) in [5.41, 5.74) is -0.536. The van der Waals surface area contributed by atoms with Crippen LogP contribution in [0.25, 0.3) is 0 Å². The lowest BCUT2D eigenvalue weighted by molar-refractivity contribution is -0.141. The Morgan fingerprint density at radius 1 is 1.69 bits per heavy atom. The molecule has 2 rings (SSSR count). The summed E-state index contributed by atoms with van der Waals surface area (Å²) in [7, 11) is 0. The molecule has 0 bridgehead atoms. The molecule has 0 radical (unpaired) electrons. The van der Waals surface area contributed by atoms with E-state index < -0.39 is 12.4 Å². The van der Waals surface area contributed by atoms with Crippen molar-refractivity contribution in [2.45, 2.75) is 32.0 Å². The van der Waals surface area contributed by atoms with E-state index in [1.807, 2.05) is 13.8 Å². The molecule has 0 saturated carbocycles. The molecule has 0 N–H and O–H groups in total. The number of rotatable bonds is 1. The van der Waals surface area contributed by atoms with Gasteiger partial charge >= 0.3 is 0 Å². The maximum absolute atomic E-state index is 12.5. The van der Waals surface area contributed by atoms with Crippen molar-refractivity contribution in [3.8, 4) is 0 Å². The number of nitrogens with zero attached hydrogens (tertiary/aromatic N) is 1. The van der Waals surface area contributed by atoms with Crippen LogP contribution >= 0.6 is 0 Å². The Kier molecular flexibility index (Phi) is 1.84. The standard InChI is InChI=1S/C9H14FNO2/c1-9(2)11-7(5-13-9)6(4-10)3-8(11)12/h6-7H,3-5H2,1-2H3/t6-,7+/m0/s1. The fourth-order valence-electron chi connectivity index (χ4n) is 2.28. The zero-order chi connectivity index (χ0) is 9.64. The number of carbonyl (C=O) groups is 1. The number of hydrogen-bond donors (Lipinski definition) is 0. The van der Waals surface area contributed by atoms with Crippen molar-refractivity contribution < 1.29 is 13.9 Å². The van der Waals surface area contributed by atoms with Crippen LogP contribution in [0.5, 0.6) is 0 Å². The first-order valence-electron chi connectivity index (χ1n) is 4.58. The minimum absolute atomic E-state index is 0.0233. The molecule has 0 aromatic carbocycles. The Balaban J connectivity index is 2.24. The average molecular weight is 187 g/mol. The minimum atomic E-state index is -0.536. The maximum Gasteiger partial charge on any atom is 0.225 e. The van der Waals surface area contributed by atoms with Crippen molar-refractivity contribution in [2.24, 2.45) is 5.92 Å². The molecular weight excluding hydrogens is 173 g/mol. The van der Waals surface area contributed by atoms with Gasteiger partial charge in [-0.3, -0.25) is 9.18 Å². The smallest absolute Gasteiger partial charge is 0.225 e. The highest BCUT2D eigenvalue weighted by atomic mass is 19.1. The van der Waals surface area contributed by atoms with E-state index in [1.165, 1.54) is 0 Å². The normalized spacial score (nSPS) is 36.8. The second kappa shape index (κ2) is 2.67. The number of carbonyl (C=O) groups excluding carboxylic acids is 1. The van der Waals surface area contributed by atoms with E-state index in [-0.39, 0.29) is 17.9 Å². The van der Waals surface area contributed by atoms with Crippen LogP contribution in [-0.4, -0.2) is 35.9 Å². The van der Waals surface area contributed by atoms with E-state index >= 15 is 0 Å². The molecule has 2 heterocycles. The van der Waals surface area contributed by atoms with E-state index in [2.05, 4.69) is 0 Å². The minimum Gasteiger partial charge on any atom is -0.354 e. The number of fused-ring (bicyclic) bond motifs is 1. The molecule has 4 heteroatoms. The molecule has 2 saturated heterocycles. The summed E-state index contributed by atoms with van der Waals surface area (Å²) in [6.07, 6.45) is 0.341. The monoisotopic (exact) mass is 187 g/mol. The molecule has 2 atom stereocenters. The maximum atomic E-state index is 12.5. The first-order valence-corrected chi connectivity index (χ1v) is 4.58. The molecule has 0 aliphatic carbocycles. The zero-order valence-corrected chi connectivity index (χ0v) is 7.92. The van der Waals surface area contributed by atoms with Crippen molar-refractivity contribution in [3.63, 3.8) is 0 Å². The summed E-state index contributed by atoms with van der Waals surface area (Å²) in [6, 6.07) is -0.0347. The summed E-state index contributed by atoms with van der Waals surface area (Å²) < 4.78 is 18.0. The average Bonchev–Trinajstić information content (AvgIpc) is 2.53. The summed E-state index contributed by atoms with van der Waals surface area (Å²) in [6.45, 7) is 3.76. The Labute approximate surface area is 76.8 Å². The summed E-state index contributed by atoms with van der Waals surface area (Å²) in [5, 5.41) is 0. The molecule has 2 fully saturated rings. The third kappa shape index (κ3) is 1.15. The third-order valence-electron chi connectivity index (χ3n) is 2.97. The van der Waals surface area contributed by atoms with Crippen LogP contribution in [0.4, 0.5) is 4.39 Å². The highest BCUT2D eigenvalue weighted by Gasteiger charge is 2.51. The fraction of sp³-hybridized carbons (Fsp3) is 0.889. The SMILES string of the molecule is CC1(C)OC[C@@H]2[C@H](CF)CC(=O)N21. The molecule has 13 heavy (non-hydrogen) atoms. The van der Waals surface area contributed by atoms with Crippen molar-refractivity contribution >= 4 is 5.91 Å². The lowest BCUT2D eigenvalue weighted by Crippen LogP contribution is -2.44. The van der Waals surface area contributed by atoms with Gasteiger partial charge in [-0.15, -0.1) is 0 Å². The Morgan fingerprint density at radius 2 is 2.38 bits per heavy atom.